The number of pyridine rings is 1. The maximum atomic E-state index is 13.9. The smallest absolute Gasteiger partial charge is 0.314 e. The molecule has 2 aliphatic rings. The van der Waals surface area contributed by atoms with Crippen LogP contribution in [0.15, 0.2) is 36.8 Å². The molecule has 6 rings (SSSR count). The van der Waals surface area contributed by atoms with Gasteiger partial charge in [0.05, 0.1) is 44.9 Å². The lowest BCUT2D eigenvalue weighted by Crippen LogP contribution is -2.46. The third-order valence-electron chi connectivity index (χ3n) is 9.51. The van der Waals surface area contributed by atoms with Crippen LogP contribution in [-0.2, 0) is 21.1 Å². The highest BCUT2D eigenvalue weighted by Crippen LogP contribution is 2.39. The zero-order valence-corrected chi connectivity index (χ0v) is 29.8. The highest BCUT2D eigenvalue weighted by molar-refractivity contribution is 7.18. The minimum Gasteiger partial charge on any atom is -0.360 e. The number of amides is 2. The summed E-state index contributed by atoms with van der Waals surface area (Å²) in [6.45, 7) is 15.0. The highest BCUT2D eigenvalue weighted by atomic mass is 32.1. The Morgan fingerprint density at radius 2 is 1.91 bits per heavy atom. The summed E-state index contributed by atoms with van der Waals surface area (Å²) in [5.74, 6) is 0.126. The van der Waals surface area contributed by atoms with E-state index in [0.29, 0.717) is 42.1 Å². The largest absolute Gasteiger partial charge is 0.360 e. The number of hydrogen-bond acceptors (Lipinski definition) is 8. The van der Waals surface area contributed by atoms with E-state index in [-0.39, 0.29) is 12.8 Å². The number of nitrogens with zero attached hydrogens (tertiary/aromatic N) is 6. The van der Waals surface area contributed by atoms with E-state index >= 15 is 0 Å². The third kappa shape index (κ3) is 7.19. The van der Waals surface area contributed by atoms with Crippen LogP contribution in [-0.4, -0.2) is 82.7 Å². The van der Waals surface area contributed by atoms with E-state index in [2.05, 4.69) is 79.0 Å². The first-order valence-corrected chi connectivity index (χ1v) is 21.1. The number of anilines is 1. The first-order valence-electron chi connectivity index (χ1n) is 16.5. The van der Waals surface area contributed by atoms with Gasteiger partial charge in [-0.05, 0) is 68.4 Å². The van der Waals surface area contributed by atoms with E-state index in [0.717, 1.165) is 54.9 Å². The van der Waals surface area contributed by atoms with E-state index in [1.54, 1.807) is 39.5 Å². The molecule has 4 aromatic rings. The molecule has 2 aliphatic heterocycles. The lowest BCUT2D eigenvalue weighted by molar-refractivity contribution is -0.146. The number of nitrogens with one attached hydrogen (secondary N) is 1. The molecule has 1 N–H and O–H groups in total. The number of likely N-dealkylation sites (tertiary alicyclic amines) is 2. The Bertz CT molecular complexity index is 1720. The van der Waals surface area contributed by atoms with Crippen LogP contribution in [0.25, 0.3) is 21.1 Å². The Morgan fingerprint density at radius 1 is 1.09 bits per heavy atom. The molecule has 0 radical (unpaired) electrons. The second-order valence-electron chi connectivity index (χ2n) is 14.6. The van der Waals surface area contributed by atoms with Crippen LogP contribution in [0.5, 0.6) is 0 Å². The summed E-state index contributed by atoms with van der Waals surface area (Å²) in [7, 11) is 0.965. The number of hydrogen-bond donors (Lipinski definition) is 1. The molecule has 2 saturated heterocycles. The SMILES string of the molecule is C[C@H]1CC[C@H](c2ccc3sc([C@H]4CCN(C)C[C@@H]4C)nc3c2)N(C(=O)C(=O)Nc2cncc3cnn(COCC[Si](C)(C)C)c23)C1. The van der Waals surface area contributed by atoms with Crippen LogP contribution in [0.4, 0.5) is 5.69 Å². The van der Waals surface area contributed by atoms with Crippen molar-refractivity contribution >= 4 is 58.0 Å². The minimum atomic E-state index is -1.22. The van der Waals surface area contributed by atoms with Crippen molar-refractivity contribution in [2.45, 2.75) is 77.5 Å². The zero-order chi connectivity index (χ0) is 32.6. The molecule has 0 saturated carbocycles. The number of thiazole rings is 1. The van der Waals surface area contributed by atoms with Gasteiger partial charge in [0.15, 0.2) is 0 Å². The molecule has 1 aromatic carbocycles. The Kier molecular flexibility index (Phi) is 9.61. The van der Waals surface area contributed by atoms with Crippen LogP contribution >= 0.6 is 11.3 Å². The van der Waals surface area contributed by atoms with Gasteiger partial charge in [0, 0.05) is 45.3 Å². The molecule has 0 unspecified atom stereocenters. The fourth-order valence-corrected chi connectivity index (χ4v) is 8.81. The standard InChI is InChI=1S/C34H47N7O3SSi/c1-22-7-9-29(24-8-10-30-27(15-24)38-33(45-30)26-11-12-39(3)20-23(26)2)40(19-22)34(43)32(42)37-28-18-35-16-25-17-36-41(31(25)28)21-44-13-14-46(4,5)6/h8,10,15-18,22-23,26,29H,7,9,11-14,19-21H2,1-6H3,(H,37,42)/t22-,23-,26-,29+/m0/s1. The minimum absolute atomic E-state index is 0.189. The average molecular weight is 662 g/mol. The summed E-state index contributed by atoms with van der Waals surface area (Å²) in [5, 5.41) is 9.32. The van der Waals surface area contributed by atoms with Crippen LogP contribution < -0.4 is 5.32 Å². The molecule has 12 heteroatoms. The van der Waals surface area contributed by atoms with Gasteiger partial charge in [0.2, 0.25) is 0 Å². The lowest BCUT2D eigenvalue weighted by Gasteiger charge is -2.38. The van der Waals surface area contributed by atoms with E-state index in [1.165, 1.54) is 9.71 Å². The second-order valence-corrected chi connectivity index (χ2v) is 21.3. The number of carbonyl (C=O) groups is 2. The molecule has 46 heavy (non-hydrogen) atoms. The first-order chi connectivity index (χ1) is 22.0. The number of rotatable bonds is 8. The zero-order valence-electron chi connectivity index (χ0n) is 28.0. The van der Waals surface area contributed by atoms with Gasteiger partial charge in [-0.1, -0.05) is 39.6 Å². The molecule has 4 atom stereocenters. The van der Waals surface area contributed by atoms with Crippen molar-refractivity contribution in [1.29, 1.82) is 0 Å². The van der Waals surface area contributed by atoms with E-state index < -0.39 is 19.9 Å². The maximum absolute atomic E-state index is 13.9. The Labute approximate surface area is 276 Å². The Hall–Kier alpha value is -3.19. The van der Waals surface area contributed by atoms with Crippen LogP contribution in [0.1, 0.15) is 55.6 Å². The molecule has 0 spiro atoms. The summed E-state index contributed by atoms with van der Waals surface area (Å²) in [6, 6.07) is 7.26. The highest BCUT2D eigenvalue weighted by Gasteiger charge is 2.35. The number of carbonyl (C=O) groups excluding carboxylic acids is 2. The van der Waals surface area contributed by atoms with Gasteiger partial charge in [-0.3, -0.25) is 14.6 Å². The Balaban J connectivity index is 1.19. The molecular weight excluding hydrogens is 615 g/mol. The van der Waals surface area contributed by atoms with Crippen LogP contribution in [0.3, 0.4) is 0 Å². The monoisotopic (exact) mass is 661 g/mol. The van der Waals surface area contributed by atoms with Gasteiger partial charge >= 0.3 is 11.8 Å². The topological polar surface area (TPSA) is 105 Å². The fourth-order valence-electron chi connectivity index (χ4n) is 6.84. The van der Waals surface area contributed by atoms with Crippen molar-refractivity contribution in [2.24, 2.45) is 11.8 Å². The van der Waals surface area contributed by atoms with Crippen molar-refractivity contribution in [1.82, 2.24) is 29.5 Å². The van der Waals surface area contributed by atoms with Crippen molar-refractivity contribution in [3.8, 4) is 0 Å². The first kappa shape index (κ1) is 32.7. The molecule has 2 fully saturated rings. The molecule has 5 heterocycles. The number of fused-ring (bicyclic) bond motifs is 2. The van der Waals surface area contributed by atoms with Crippen molar-refractivity contribution in [2.75, 3.05) is 38.6 Å². The quantitative estimate of drug-likeness (QED) is 0.133. The lowest BCUT2D eigenvalue weighted by atomic mass is 9.87. The molecule has 2 amide bonds. The summed E-state index contributed by atoms with van der Waals surface area (Å²) in [6.07, 6.45) is 7.89. The molecule has 3 aromatic heterocycles. The number of benzene rings is 1. The number of piperidine rings is 2. The van der Waals surface area contributed by atoms with E-state index in [4.69, 9.17) is 9.72 Å². The number of aromatic nitrogens is 4. The normalized spacial score (nSPS) is 22.9. The predicted octanol–water partition coefficient (Wildman–Crippen LogP) is 6.35. The van der Waals surface area contributed by atoms with Crippen molar-refractivity contribution < 1.29 is 14.3 Å². The van der Waals surface area contributed by atoms with Crippen molar-refractivity contribution in [3.05, 3.63) is 47.4 Å². The van der Waals surface area contributed by atoms with Gasteiger partial charge in [0.1, 0.15) is 6.73 Å². The second kappa shape index (κ2) is 13.5. The predicted molar refractivity (Wildman–Crippen MR) is 187 cm³/mol. The average Bonchev–Trinajstić information content (AvgIpc) is 3.62. The van der Waals surface area contributed by atoms with Gasteiger partial charge in [-0.2, -0.15) is 5.10 Å². The van der Waals surface area contributed by atoms with E-state index in [9.17, 15) is 9.59 Å². The van der Waals surface area contributed by atoms with Gasteiger partial charge in [-0.15, -0.1) is 11.3 Å². The summed E-state index contributed by atoms with van der Waals surface area (Å²) in [5.41, 5.74) is 3.16. The summed E-state index contributed by atoms with van der Waals surface area (Å²) >= 11 is 1.79. The van der Waals surface area contributed by atoms with Gasteiger partial charge in [-0.25, -0.2) is 9.67 Å². The molecule has 0 aliphatic carbocycles. The third-order valence-corrected chi connectivity index (χ3v) is 12.4. The molecular formula is C34H47N7O3SSi. The van der Waals surface area contributed by atoms with Gasteiger partial charge in [0.25, 0.3) is 0 Å². The van der Waals surface area contributed by atoms with Crippen LogP contribution in [0, 0.1) is 11.8 Å². The molecule has 10 nitrogen and oxygen atoms in total. The van der Waals surface area contributed by atoms with Crippen LogP contribution in [0.2, 0.25) is 25.7 Å². The summed E-state index contributed by atoms with van der Waals surface area (Å²) < 4.78 is 8.83. The fraction of sp³-hybridized carbons (Fsp3) is 0.559. The Morgan fingerprint density at radius 3 is 2.70 bits per heavy atom. The number of ether oxygens (including phenoxy) is 1. The molecule has 0 bridgehead atoms. The van der Waals surface area contributed by atoms with Gasteiger partial charge < -0.3 is 19.9 Å². The van der Waals surface area contributed by atoms with E-state index in [1.807, 2.05) is 0 Å². The maximum Gasteiger partial charge on any atom is 0.314 e. The van der Waals surface area contributed by atoms with Crippen molar-refractivity contribution in [3.63, 3.8) is 0 Å². The molecule has 246 valence electrons. The summed E-state index contributed by atoms with van der Waals surface area (Å²) in [4.78, 5) is 41.0.